The van der Waals surface area contributed by atoms with E-state index in [9.17, 15) is 0 Å². The highest BCUT2D eigenvalue weighted by atomic mass is 32.1. The molecule has 0 unspecified atom stereocenters. The van der Waals surface area contributed by atoms with Crippen molar-refractivity contribution >= 4 is 23.0 Å². The van der Waals surface area contributed by atoms with Gasteiger partial charge in [0.2, 0.25) is 0 Å². The lowest BCUT2D eigenvalue weighted by molar-refractivity contribution is 0.242. The Morgan fingerprint density at radius 2 is 1.72 bits per heavy atom. The summed E-state index contributed by atoms with van der Waals surface area (Å²) >= 11 is 5.67. The van der Waals surface area contributed by atoms with E-state index < -0.39 is 0 Å². The largest absolute Gasteiger partial charge is 0.493 e. The highest BCUT2D eigenvalue weighted by Crippen LogP contribution is 2.41. The summed E-state index contributed by atoms with van der Waals surface area (Å²) in [6, 6.07) is 14.0. The van der Waals surface area contributed by atoms with Crippen molar-refractivity contribution in [1.82, 2.24) is 5.32 Å². The standard InChI is InChI=1S/C23H30N2O3S/c1-16(2)28-19-9-7-8-18(15-19)24-22(29)25-23(12-5-6-13-23)17-10-11-20(26-3)21(14-17)27-4/h7-11,14-16H,5-6,12-13H2,1-4H3,(H2,24,25,29). The third kappa shape index (κ3) is 5.12. The molecule has 1 aliphatic rings. The van der Waals surface area contributed by atoms with Crippen LogP contribution in [0.5, 0.6) is 17.2 Å². The number of nitrogens with one attached hydrogen (secondary N) is 2. The molecule has 1 fully saturated rings. The van der Waals surface area contributed by atoms with Gasteiger partial charge >= 0.3 is 0 Å². The van der Waals surface area contributed by atoms with Crippen molar-refractivity contribution in [2.75, 3.05) is 19.5 Å². The summed E-state index contributed by atoms with van der Waals surface area (Å²) in [7, 11) is 3.31. The number of ether oxygens (including phenoxy) is 3. The van der Waals surface area contributed by atoms with Gasteiger partial charge in [0, 0.05) is 11.8 Å². The molecule has 0 aliphatic heterocycles. The molecule has 0 heterocycles. The summed E-state index contributed by atoms with van der Waals surface area (Å²) in [4.78, 5) is 0. The summed E-state index contributed by atoms with van der Waals surface area (Å²) in [5, 5.41) is 7.50. The zero-order chi connectivity index (χ0) is 20.9. The molecular weight excluding hydrogens is 384 g/mol. The van der Waals surface area contributed by atoms with Crippen LogP contribution in [0.25, 0.3) is 0 Å². The van der Waals surface area contributed by atoms with Gasteiger partial charge in [0.25, 0.3) is 0 Å². The van der Waals surface area contributed by atoms with Crippen LogP contribution in [0, 0.1) is 0 Å². The van der Waals surface area contributed by atoms with Crippen molar-refractivity contribution in [2.24, 2.45) is 0 Å². The Morgan fingerprint density at radius 1 is 1.00 bits per heavy atom. The molecule has 3 rings (SSSR count). The van der Waals surface area contributed by atoms with E-state index in [1.165, 1.54) is 0 Å². The fraction of sp³-hybridized carbons (Fsp3) is 0.435. The predicted octanol–water partition coefficient (Wildman–Crippen LogP) is 5.25. The molecule has 2 aromatic rings. The topological polar surface area (TPSA) is 51.8 Å². The second kappa shape index (κ2) is 9.35. The Morgan fingerprint density at radius 3 is 2.38 bits per heavy atom. The minimum Gasteiger partial charge on any atom is -0.493 e. The maximum absolute atomic E-state index is 5.78. The summed E-state index contributed by atoms with van der Waals surface area (Å²) in [6.07, 6.45) is 4.47. The Kier molecular flexibility index (Phi) is 6.85. The van der Waals surface area contributed by atoms with Gasteiger partial charge in [0.05, 0.1) is 25.9 Å². The molecule has 2 aromatic carbocycles. The molecule has 0 atom stereocenters. The lowest BCUT2D eigenvalue weighted by atomic mass is 9.88. The quantitative estimate of drug-likeness (QED) is 0.604. The summed E-state index contributed by atoms with van der Waals surface area (Å²) in [5.74, 6) is 2.28. The first-order chi connectivity index (χ1) is 14.0. The van der Waals surface area contributed by atoms with Crippen molar-refractivity contribution in [3.05, 3.63) is 48.0 Å². The first-order valence-electron chi connectivity index (χ1n) is 10.0. The second-order valence-electron chi connectivity index (χ2n) is 7.63. The zero-order valence-electron chi connectivity index (χ0n) is 17.6. The van der Waals surface area contributed by atoms with Crippen LogP contribution in [0.1, 0.15) is 45.1 Å². The third-order valence-corrected chi connectivity index (χ3v) is 5.41. The van der Waals surface area contributed by atoms with Crippen molar-refractivity contribution in [3.63, 3.8) is 0 Å². The van der Waals surface area contributed by atoms with Crippen LogP contribution >= 0.6 is 12.2 Å². The normalized spacial score (nSPS) is 15.1. The molecule has 0 spiro atoms. The van der Waals surface area contributed by atoms with E-state index >= 15 is 0 Å². The van der Waals surface area contributed by atoms with Gasteiger partial charge in [-0.1, -0.05) is 25.0 Å². The van der Waals surface area contributed by atoms with E-state index in [2.05, 4.69) is 22.8 Å². The maximum atomic E-state index is 5.78. The smallest absolute Gasteiger partial charge is 0.171 e. The zero-order valence-corrected chi connectivity index (χ0v) is 18.4. The first kappa shape index (κ1) is 21.2. The number of hydrogen-bond donors (Lipinski definition) is 2. The highest BCUT2D eigenvalue weighted by Gasteiger charge is 2.37. The Balaban J connectivity index is 1.78. The molecule has 2 N–H and O–H groups in total. The number of anilines is 1. The summed E-state index contributed by atoms with van der Waals surface area (Å²) < 4.78 is 16.7. The van der Waals surface area contributed by atoms with Crippen molar-refractivity contribution < 1.29 is 14.2 Å². The average molecular weight is 415 g/mol. The summed E-state index contributed by atoms with van der Waals surface area (Å²) in [5.41, 5.74) is 1.85. The molecule has 0 saturated heterocycles. The molecule has 1 saturated carbocycles. The average Bonchev–Trinajstić information content (AvgIpc) is 3.16. The maximum Gasteiger partial charge on any atom is 0.171 e. The molecule has 0 amide bonds. The van der Waals surface area contributed by atoms with Gasteiger partial charge in [-0.25, -0.2) is 0 Å². The molecular formula is C23H30N2O3S. The molecule has 0 aromatic heterocycles. The molecule has 0 radical (unpaired) electrons. The summed E-state index contributed by atoms with van der Waals surface area (Å²) in [6.45, 7) is 4.03. The lowest BCUT2D eigenvalue weighted by Gasteiger charge is -2.33. The van der Waals surface area contributed by atoms with Gasteiger partial charge in [-0.3, -0.25) is 0 Å². The molecule has 29 heavy (non-hydrogen) atoms. The van der Waals surface area contributed by atoms with Crippen LogP contribution in [0.2, 0.25) is 0 Å². The van der Waals surface area contributed by atoms with Crippen LogP contribution in [0.15, 0.2) is 42.5 Å². The van der Waals surface area contributed by atoms with Gasteiger partial charge in [-0.05, 0) is 68.7 Å². The minimum absolute atomic E-state index is 0.127. The number of rotatable bonds is 7. The molecule has 6 heteroatoms. The van der Waals surface area contributed by atoms with Crippen LogP contribution in [0.3, 0.4) is 0 Å². The Hall–Kier alpha value is -2.47. The minimum atomic E-state index is -0.213. The lowest BCUT2D eigenvalue weighted by Crippen LogP contribution is -2.45. The van der Waals surface area contributed by atoms with Gasteiger partial charge in [0.1, 0.15) is 5.75 Å². The Labute approximate surface area is 178 Å². The van der Waals surface area contributed by atoms with Crippen molar-refractivity contribution in [1.29, 1.82) is 0 Å². The van der Waals surface area contributed by atoms with Crippen LogP contribution < -0.4 is 24.8 Å². The number of benzene rings is 2. The van der Waals surface area contributed by atoms with E-state index in [0.717, 1.165) is 54.2 Å². The predicted molar refractivity (Wildman–Crippen MR) is 121 cm³/mol. The van der Waals surface area contributed by atoms with Crippen molar-refractivity contribution in [2.45, 2.75) is 51.2 Å². The van der Waals surface area contributed by atoms with E-state index in [1.807, 2.05) is 44.2 Å². The fourth-order valence-corrected chi connectivity index (χ4v) is 4.21. The van der Waals surface area contributed by atoms with Crippen LogP contribution in [-0.4, -0.2) is 25.4 Å². The monoisotopic (exact) mass is 414 g/mol. The van der Waals surface area contributed by atoms with Crippen molar-refractivity contribution in [3.8, 4) is 17.2 Å². The number of hydrogen-bond acceptors (Lipinski definition) is 4. The highest BCUT2D eigenvalue weighted by molar-refractivity contribution is 7.80. The third-order valence-electron chi connectivity index (χ3n) is 5.21. The number of thiocarbonyl (C=S) groups is 1. The van der Waals surface area contributed by atoms with Gasteiger partial charge < -0.3 is 24.8 Å². The van der Waals surface area contributed by atoms with Gasteiger partial charge in [-0.2, -0.15) is 0 Å². The van der Waals surface area contributed by atoms with Crippen LogP contribution in [-0.2, 0) is 5.54 Å². The van der Waals surface area contributed by atoms with Crippen LogP contribution in [0.4, 0.5) is 5.69 Å². The molecule has 1 aliphatic carbocycles. The molecule has 156 valence electrons. The second-order valence-corrected chi connectivity index (χ2v) is 8.04. The Bertz CT molecular complexity index is 848. The van der Waals surface area contributed by atoms with E-state index in [4.69, 9.17) is 26.4 Å². The molecule has 0 bridgehead atoms. The molecule has 5 nitrogen and oxygen atoms in total. The first-order valence-corrected chi connectivity index (χ1v) is 10.4. The fourth-order valence-electron chi connectivity index (χ4n) is 3.90. The van der Waals surface area contributed by atoms with Gasteiger partial charge in [-0.15, -0.1) is 0 Å². The van der Waals surface area contributed by atoms with E-state index in [-0.39, 0.29) is 11.6 Å². The SMILES string of the molecule is COc1ccc(C2(NC(=S)Nc3cccc(OC(C)C)c3)CCCC2)cc1OC. The van der Waals surface area contributed by atoms with E-state index in [1.54, 1.807) is 14.2 Å². The van der Waals surface area contributed by atoms with Gasteiger partial charge in [0.15, 0.2) is 16.6 Å². The number of methoxy groups -OCH3 is 2. The van der Waals surface area contributed by atoms with E-state index in [0.29, 0.717) is 5.11 Å².